The largest absolute Gasteiger partial charge is 0.507 e. The molecule has 1 aliphatic rings. The molecule has 23 heavy (non-hydrogen) atoms. The molecule has 0 unspecified atom stereocenters. The fraction of sp³-hybridized carbons (Fsp3) is 0.474. The molecular formula is C19H24N2O2. The number of nitrogens with zero attached hydrogens (tertiary/aromatic N) is 2. The van der Waals surface area contributed by atoms with Gasteiger partial charge in [-0.05, 0) is 61.9 Å². The van der Waals surface area contributed by atoms with E-state index in [2.05, 4.69) is 10.2 Å². The Labute approximate surface area is 137 Å². The Kier molecular flexibility index (Phi) is 4.62. The number of rotatable bonds is 3. The molecule has 1 saturated carbocycles. The molecule has 0 bridgehead atoms. The number of phenols is 1. The first kappa shape index (κ1) is 15.9. The highest BCUT2D eigenvalue weighted by atomic mass is 16.3. The number of aromatic nitrogens is 2. The summed E-state index contributed by atoms with van der Waals surface area (Å²) in [6.45, 7) is 3.88. The summed E-state index contributed by atoms with van der Waals surface area (Å²) in [7, 11) is 0. The van der Waals surface area contributed by atoms with E-state index >= 15 is 0 Å². The lowest BCUT2D eigenvalue weighted by Gasteiger charge is -2.26. The summed E-state index contributed by atoms with van der Waals surface area (Å²) < 4.78 is 0. The normalized spacial score (nSPS) is 17.2. The number of aliphatic hydroxyl groups is 1. The highest BCUT2D eigenvalue weighted by Gasteiger charge is 2.25. The molecule has 2 aromatic rings. The van der Waals surface area contributed by atoms with E-state index < -0.39 is 6.10 Å². The standard InChI is InChI=1S/C19H24N2O2/c1-12-8-9-15(17(22)10-12)18-13(2)11-16(20-21-18)19(23)14-6-4-3-5-7-14/h8-11,14,19,22-23H,3-7H2,1-2H3/t19-/m1/s1. The van der Waals surface area contributed by atoms with Crippen LogP contribution in [-0.4, -0.2) is 20.4 Å². The van der Waals surface area contributed by atoms with Crippen LogP contribution in [0.5, 0.6) is 5.75 Å². The van der Waals surface area contributed by atoms with Gasteiger partial charge in [-0.15, -0.1) is 5.10 Å². The first-order valence-electron chi connectivity index (χ1n) is 8.38. The molecule has 0 saturated heterocycles. The summed E-state index contributed by atoms with van der Waals surface area (Å²) >= 11 is 0. The predicted octanol–water partition coefficient (Wildman–Crippen LogP) is 4.08. The van der Waals surface area contributed by atoms with Gasteiger partial charge in [-0.3, -0.25) is 0 Å². The number of phenolic OH excluding ortho intramolecular Hbond substituents is 1. The van der Waals surface area contributed by atoms with Crippen molar-refractivity contribution in [1.82, 2.24) is 10.2 Å². The van der Waals surface area contributed by atoms with E-state index in [1.165, 1.54) is 19.3 Å². The zero-order valence-corrected chi connectivity index (χ0v) is 13.8. The average Bonchev–Trinajstić information content (AvgIpc) is 2.55. The van der Waals surface area contributed by atoms with E-state index in [-0.39, 0.29) is 11.7 Å². The van der Waals surface area contributed by atoms with Crippen molar-refractivity contribution < 1.29 is 10.2 Å². The first-order chi connectivity index (χ1) is 11.1. The summed E-state index contributed by atoms with van der Waals surface area (Å²) in [6, 6.07) is 7.43. The molecule has 2 N–H and O–H groups in total. The van der Waals surface area contributed by atoms with Gasteiger partial charge in [-0.2, -0.15) is 5.10 Å². The number of aromatic hydroxyl groups is 1. The second-order valence-corrected chi connectivity index (χ2v) is 6.66. The molecule has 1 fully saturated rings. The minimum atomic E-state index is -0.540. The lowest BCUT2D eigenvalue weighted by molar-refractivity contribution is 0.0803. The predicted molar refractivity (Wildman–Crippen MR) is 90.1 cm³/mol. The van der Waals surface area contributed by atoms with Crippen LogP contribution in [0.3, 0.4) is 0 Å². The van der Waals surface area contributed by atoms with Gasteiger partial charge in [0.1, 0.15) is 11.9 Å². The highest BCUT2D eigenvalue weighted by Crippen LogP contribution is 2.35. The monoisotopic (exact) mass is 312 g/mol. The van der Waals surface area contributed by atoms with Crippen LogP contribution in [0.25, 0.3) is 11.3 Å². The van der Waals surface area contributed by atoms with Crippen molar-refractivity contribution in [2.24, 2.45) is 5.92 Å². The van der Waals surface area contributed by atoms with Crippen LogP contribution in [-0.2, 0) is 0 Å². The molecule has 4 heteroatoms. The highest BCUT2D eigenvalue weighted by molar-refractivity contribution is 5.69. The number of aliphatic hydroxyl groups excluding tert-OH is 1. The van der Waals surface area contributed by atoms with Crippen LogP contribution in [0, 0.1) is 19.8 Å². The molecule has 1 aromatic heterocycles. The van der Waals surface area contributed by atoms with Crippen molar-refractivity contribution in [1.29, 1.82) is 0 Å². The van der Waals surface area contributed by atoms with Crippen molar-refractivity contribution >= 4 is 0 Å². The molecule has 1 heterocycles. The van der Waals surface area contributed by atoms with Gasteiger partial charge in [0.25, 0.3) is 0 Å². The van der Waals surface area contributed by atoms with E-state index in [1.807, 2.05) is 32.0 Å². The van der Waals surface area contributed by atoms with Crippen LogP contribution >= 0.6 is 0 Å². The van der Waals surface area contributed by atoms with Crippen molar-refractivity contribution in [3.05, 3.63) is 41.1 Å². The first-order valence-corrected chi connectivity index (χ1v) is 8.38. The summed E-state index contributed by atoms with van der Waals surface area (Å²) in [4.78, 5) is 0. The smallest absolute Gasteiger partial charge is 0.125 e. The van der Waals surface area contributed by atoms with Crippen LogP contribution in [0.15, 0.2) is 24.3 Å². The maximum Gasteiger partial charge on any atom is 0.125 e. The minimum absolute atomic E-state index is 0.211. The van der Waals surface area contributed by atoms with E-state index in [0.29, 0.717) is 17.0 Å². The molecule has 0 aliphatic heterocycles. The molecule has 122 valence electrons. The second kappa shape index (κ2) is 6.67. The fourth-order valence-corrected chi connectivity index (χ4v) is 3.45. The number of benzene rings is 1. The average molecular weight is 312 g/mol. The topological polar surface area (TPSA) is 66.2 Å². The molecule has 0 radical (unpaired) electrons. The Bertz CT molecular complexity index is 694. The molecule has 1 aromatic carbocycles. The molecule has 3 rings (SSSR count). The van der Waals surface area contributed by atoms with E-state index in [1.54, 1.807) is 6.07 Å². The molecule has 1 aliphatic carbocycles. The third kappa shape index (κ3) is 3.37. The van der Waals surface area contributed by atoms with Crippen molar-refractivity contribution in [3.8, 4) is 17.0 Å². The van der Waals surface area contributed by atoms with Crippen LogP contribution < -0.4 is 0 Å². The SMILES string of the molecule is Cc1ccc(-c2nnc([C@H](O)C3CCCCC3)cc2C)c(O)c1. The Hall–Kier alpha value is -1.94. The van der Waals surface area contributed by atoms with Crippen LogP contribution in [0.4, 0.5) is 0 Å². The van der Waals surface area contributed by atoms with Crippen LogP contribution in [0.2, 0.25) is 0 Å². The van der Waals surface area contributed by atoms with Gasteiger partial charge in [-0.1, -0.05) is 25.3 Å². The molecule has 0 amide bonds. The quantitative estimate of drug-likeness (QED) is 0.896. The van der Waals surface area contributed by atoms with Gasteiger partial charge in [-0.25, -0.2) is 0 Å². The van der Waals surface area contributed by atoms with E-state index in [4.69, 9.17) is 0 Å². The zero-order valence-electron chi connectivity index (χ0n) is 13.8. The van der Waals surface area contributed by atoms with E-state index in [0.717, 1.165) is 24.0 Å². The second-order valence-electron chi connectivity index (χ2n) is 6.66. The summed E-state index contributed by atoms with van der Waals surface area (Å²) in [5.74, 6) is 0.499. The van der Waals surface area contributed by atoms with E-state index in [9.17, 15) is 10.2 Å². The van der Waals surface area contributed by atoms with Gasteiger partial charge >= 0.3 is 0 Å². The maximum atomic E-state index is 10.6. The minimum Gasteiger partial charge on any atom is -0.507 e. The summed E-state index contributed by atoms with van der Waals surface area (Å²) in [5.41, 5.74) is 3.91. The van der Waals surface area contributed by atoms with Crippen molar-refractivity contribution in [2.45, 2.75) is 52.1 Å². The molecule has 0 spiro atoms. The van der Waals surface area contributed by atoms with Gasteiger partial charge in [0.15, 0.2) is 0 Å². The summed E-state index contributed by atoms with van der Waals surface area (Å²) in [6.07, 6.45) is 5.21. The maximum absolute atomic E-state index is 10.6. The Morgan fingerprint density at radius 3 is 2.43 bits per heavy atom. The summed E-state index contributed by atoms with van der Waals surface area (Å²) in [5, 5.41) is 29.2. The van der Waals surface area contributed by atoms with Gasteiger partial charge in [0, 0.05) is 5.56 Å². The number of hydrogen-bond donors (Lipinski definition) is 2. The third-order valence-corrected chi connectivity index (χ3v) is 4.81. The Morgan fingerprint density at radius 2 is 1.78 bits per heavy atom. The van der Waals surface area contributed by atoms with Gasteiger partial charge < -0.3 is 10.2 Å². The third-order valence-electron chi connectivity index (χ3n) is 4.81. The lowest BCUT2D eigenvalue weighted by Crippen LogP contribution is -2.17. The zero-order chi connectivity index (χ0) is 16.4. The fourth-order valence-electron chi connectivity index (χ4n) is 3.45. The van der Waals surface area contributed by atoms with Crippen molar-refractivity contribution in [2.75, 3.05) is 0 Å². The Morgan fingerprint density at radius 1 is 1.04 bits per heavy atom. The molecule has 4 nitrogen and oxygen atoms in total. The molecule has 1 atom stereocenters. The van der Waals surface area contributed by atoms with Crippen molar-refractivity contribution in [3.63, 3.8) is 0 Å². The lowest BCUT2D eigenvalue weighted by atomic mass is 9.84. The van der Waals surface area contributed by atoms with Gasteiger partial charge in [0.2, 0.25) is 0 Å². The number of hydrogen-bond acceptors (Lipinski definition) is 4. The van der Waals surface area contributed by atoms with Crippen LogP contribution in [0.1, 0.15) is 55.0 Å². The molecular weight excluding hydrogens is 288 g/mol. The van der Waals surface area contributed by atoms with Gasteiger partial charge in [0.05, 0.1) is 11.4 Å². The Balaban J connectivity index is 1.88. The number of aryl methyl sites for hydroxylation is 2.